The summed E-state index contributed by atoms with van der Waals surface area (Å²) < 4.78 is 15.1. The summed E-state index contributed by atoms with van der Waals surface area (Å²) in [6.45, 7) is 5.88. The summed E-state index contributed by atoms with van der Waals surface area (Å²) in [5, 5.41) is 6.78. The van der Waals surface area contributed by atoms with Crippen LogP contribution in [0.5, 0.6) is 0 Å². The molecular formula is C17H22FN3O. The maximum absolute atomic E-state index is 14.0. The van der Waals surface area contributed by atoms with Gasteiger partial charge in [-0.05, 0) is 37.3 Å². The number of hydrogen-bond donors (Lipinski definition) is 1. The number of carbonyl (C=O) groups is 1. The molecule has 118 valence electrons. The highest BCUT2D eigenvalue weighted by Gasteiger charge is 2.22. The van der Waals surface area contributed by atoms with E-state index in [2.05, 4.69) is 24.3 Å². The van der Waals surface area contributed by atoms with Crippen LogP contribution in [0.1, 0.15) is 54.2 Å². The van der Waals surface area contributed by atoms with Gasteiger partial charge in [-0.3, -0.25) is 4.79 Å². The van der Waals surface area contributed by atoms with Gasteiger partial charge in [0.15, 0.2) is 0 Å². The molecule has 0 aliphatic carbocycles. The van der Waals surface area contributed by atoms with Crippen LogP contribution < -0.4 is 5.32 Å². The van der Waals surface area contributed by atoms with Crippen molar-refractivity contribution in [3.05, 3.63) is 47.0 Å². The van der Waals surface area contributed by atoms with E-state index in [1.54, 1.807) is 6.92 Å². The number of aromatic nitrogens is 2. The summed E-state index contributed by atoms with van der Waals surface area (Å²) >= 11 is 0. The first-order valence-corrected chi connectivity index (χ1v) is 7.58. The molecule has 1 aromatic carbocycles. The zero-order valence-electron chi connectivity index (χ0n) is 13.5. The third-order valence-electron chi connectivity index (χ3n) is 4.01. The molecular weight excluding hydrogens is 281 g/mol. The first kappa shape index (κ1) is 16.2. The maximum Gasteiger partial charge on any atom is 0.262 e. The summed E-state index contributed by atoms with van der Waals surface area (Å²) in [6.07, 6.45) is 1.98. The second kappa shape index (κ2) is 6.73. The van der Waals surface area contributed by atoms with E-state index < -0.39 is 11.9 Å². The van der Waals surface area contributed by atoms with Crippen molar-refractivity contribution in [3.8, 4) is 0 Å². The highest BCUT2D eigenvalue weighted by Crippen LogP contribution is 2.30. The fourth-order valence-corrected chi connectivity index (χ4v) is 2.77. The van der Waals surface area contributed by atoms with Crippen molar-refractivity contribution >= 4 is 11.6 Å². The largest absolute Gasteiger partial charge is 0.322 e. The Morgan fingerprint density at radius 3 is 2.50 bits per heavy atom. The van der Waals surface area contributed by atoms with E-state index in [1.807, 2.05) is 24.3 Å². The molecule has 5 heteroatoms. The number of nitrogens with one attached hydrogen (secondary N) is 1. The van der Waals surface area contributed by atoms with Crippen LogP contribution in [0.3, 0.4) is 0 Å². The SMILES string of the molecule is CCC(CC)c1ccccc1NC(=O)c1c(C)nn(C)c1F. The van der Waals surface area contributed by atoms with E-state index in [1.165, 1.54) is 7.05 Å². The summed E-state index contributed by atoms with van der Waals surface area (Å²) in [7, 11) is 1.48. The van der Waals surface area contributed by atoms with Gasteiger partial charge < -0.3 is 5.32 Å². The lowest BCUT2D eigenvalue weighted by atomic mass is 9.92. The van der Waals surface area contributed by atoms with Crippen LogP contribution in [-0.2, 0) is 7.05 Å². The molecule has 1 amide bonds. The summed E-state index contributed by atoms with van der Waals surface area (Å²) in [6, 6.07) is 7.70. The zero-order chi connectivity index (χ0) is 16.3. The van der Waals surface area contributed by atoms with Gasteiger partial charge in [0.1, 0.15) is 5.56 Å². The average Bonchev–Trinajstić information content (AvgIpc) is 2.75. The molecule has 0 saturated heterocycles. The highest BCUT2D eigenvalue weighted by molar-refractivity contribution is 6.05. The molecule has 2 rings (SSSR count). The number of aryl methyl sites for hydroxylation is 2. The molecule has 0 spiro atoms. The molecule has 0 saturated carbocycles. The lowest BCUT2D eigenvalue weighted by Gasteiger charge is -2.18. The van der Waals surface area contributed by atoms with E-state index in [0.717, 1.165) is 28.8 Å². The average molecular weight is 303 g/mol. The molecule has 2 aromatic rings. The van der Waals surface area contributed by atoms with Crippen molar-refractivity contribution < 1.29 is 9.18 Å². The van der Waals surface area contributed by atoms with Gasteiger partial charge in [0.2, 0.25) is 5.95 Å². The van der Waals surface area contributed by atoms with Crippen LogP contribution in [0.2, 0.25) is 0 Å². The molecule has 4 nitrogen and oxygen atoms in total. The van der Waals surface area contributed by atoms with Crippen molar-refractivity contribution in [2.24, 2.45) is 7.05 Å². The summed E-state index contributed by atoms with van der Waals surface area (Å²) in [5.41, 5.74) is 2.21. The van der Waals surface area contributed by atoms with E-state index in [-0.39, 0.29) is 5.56 Å². The van der Waals surface area contributed by atoms with Crippen LogP contribution in [0, 0.1) is 12.9 Å². The molecule has 0 aliphatic heterocycles. The molecule has 0 fully saturated rings. The number of benzene rings is 1. The Morgan fingerprint density at radius 2 is 1.95 bits per heavy atom. The maximum atomic E-state index is 14.0. The fourth-order valence-electron chi connectivity index (χ4n) is 2.77. The molecule has 0 unspecified atom stereocenters. The Bertz CT molecular complexity index is 675. The smallest absolute Gasteiger partial charge is 0.262 e. The van der Waals surface area contributed by atoms with Gasteiger partial charge in [0.25, 0.3) is 5.91 Å². The lowest BCUT2D eigenvalue weighted by molar-refractivity contribution is 0.102. The zero-order valence-corrected chi connectivity index (χ0v) is 13.5. The number of rotatable bonds is 5. The predicted octanol–water partition coefficient (Wildman–Crippen LogP) is 4.02. The van der Waals surface area contributed by atoms with E-state index in [4.69, 9.17) is 0 Å². The van der Waals surface area contributed by atoms with Crippen molar-refractivity contribution in [2.45, 2.75) is 39.5 Å². The number of halogens is 1. The number of carbonyl (C=O) groups excluding carboxylic acids is 1. The molecule has 0 aliphatic rings. The fraction of sp³-hybridized carbons (Fsp3) is 0.412. The minimum Gasteiger partial charge on any atom is -0.322 e. The quantitative estimate of drug-likeness (QED) is 0.906. The standard InChI is InChI=1S/C17H22FN3O/c1-5-12(6-2)13-9-7-8-10-14(13)19-17(22)15-11(3)20-21(4)16(15)18/h7-10,12H,5-6H2,1-4H3,(H,19,22). The van der Waals surface area contributed by atoms with Crippen LogP contribution in [0.4, 0.5) is 10.1 Å². The van der Waals surface area contributed by atoms with Crippen LogP contribution in [-0.4, -0.2) is 15.7 Å². The van der Waals surface area contributed by atoms with Crippen LogP contribution >= 0.6 is 0 Å². The second-order valence-corrected chi connectivity index (χ2v) is 5.43. The van der Waals surface area contributed by atoms with E-state index in [9.17, 15) is 9.18 Å². The van der Waals surface area contributed by atoms with E-state index >= 15 is 0 Å². The third-order valence-corrected chi connectivity index (χ3v) is 4.01. The Labute approximate surface area is 130 Å². The van der Waals surface area contributed by atoms with Gasteiger partial charge in [0.05, 0.1) is 5.69 Å². The Morgan fingerprint density at radius 1 is 1.32 bits per heavy atom. The Kier molecular flexibility index (Phi) is 4.96. The first-order chi connectivity index (χ1) is 10.5. The van der Waals surface area contributed by atoms with Crippen molar-refractivity contribution in [3.63, 3.8) is 0 Å². The molecule has 1 aromatic heterocycles. The number of anilines is 1. The van der Waals surface area contributed by atoms with Crippen LogP contribution in [0.15, 0.2) is 24.3 Å². The minimum atomic E-state index is -0.616. The number of para-hydroxylation sites is 1. The van der Waals surface area contributed by atoms with Gasteiger partial charge in [-0.1, -0.05) is 32.0 Å². The first-order valence-electron chi connectivity index (χ1n) is 7.58. The Balaban J connectivity index is 2.33. The van der Waals surface area contributed by atoms with Gasteiger partial charge in [-0.25, -0.2) is 4.68 Å². The van der Waals surface area contributed by atoms with Gasteiger partial charge in [-0.2, -0.15) is 9.49 Å². The van der Waals surface area contributed by atoms with Gasteiger partial charge in [-0.15, -0.1) is 0 Å². The monoisotopic (exact) mass is 303 g/mol. The topological polar surface area (TPSA) is 46.9 Å². The molecule has 0 atom stereocenters. The van der Waals surface area contributed by atoms with E-state index in [0.29, 0.717) is 11.6 Å². The molecule has 0 bridgehead atoms. The minimum absolute atomic E-state index is 0.00171. The number of nitrogens with zero attached hydrogens (tertiary/aromatic N) is 2. The third kappa shape index (κ3) is 3.03. The van der Waals surface area contributed by atoms with Crippen molar-refractivity contribution in [1.82, 2.24) is 9.78 Å². The highest BCUT2D eigenvalue weighted by atomic mass is 19.1. The molecule has 1 heterocycles. The molecule has 22 heavy (non-hydrogen) atoms. The molecule has 1 N–H and O–H groups in total. The lowest BCUT2D eigenvalue weighted by Crippen LogP contribution is -2.16. The van der Waals surface area contributed by atoms with Crippen molar-refractivity contribution in [2.75, 3.05) is 5.32 Å². The van der Waals surface area contributed by atoms with Crippen LogP contribution in [0.25, 0.3) is 0 Å². The number of amides is 1. The summed E-state index contributed by atoms with van der Waals surface area (Å²) in [4.78, 5) is 12.4. The van der Waals surface area contributed by atoms with Crippen molar-refractivity contribution in [1.29, 1.82) is 0 Å². The predicted molar refractivity (Wildman–Crippen MR) is 85.6 cm³/mol. The van der Waals surface area contributed by atoms with Gasteiger partial charge >= 0.3 is 0 Å². The van der Waals surface area contributed by atoms with Gasteiger partial charge in [0, 0.05) is 12.7 Å². The Hall–Kier alpha value is -2.17. The normalized spacial score (nSPS) is 11.0. The number of hydrogen-bond acceptors (Lipinski definition) is 2. The molecule has 0 radical (unpaired) electrons. The summed E-state index contributed by atoms with van der Waals surface area (Å²) in [5.74, 6) is -0.701. The second-order valence-electron chi connectivity index (χ2n) is 5.43.